The van der Waals surface area contributed by atoms with Crippen molar-refractivity contribution >= 4 is 5.97 Å². The number of benzene rings is 1. The smallest absolute Gasteiger partial charge is 0.309 e. The predicted molar refractivity (Wildman–Crippen MR) is 71.1 cm³/mol. The number of fused-ring (bicyclic) bond motifs is 1. The number of esters is 1. The molecule has 1 aromatic carbocycles. The highest BCUT2D eigenvalue weighted by molar-refractivity contribution is 5.73. The third kappa shape index (κ3) is 2.14. The van der Waals surface area contributed by atoms with Crippen molar-refractivity contribution in [2.75, 3.05) is 7.11 Å². The van der Waals surface area contributed by atoms with E-state index in [-0.39, 0.29) is 11.9 Å². The van der Waals surface area contributed by atoms with Crippen molar-refractivity contribution in [2.45, 2.75) is 19.3 Å². The van der Waals surface area contributed by atoms with Crippen LogP contribution in [0, 0.1) is 5.92 Å². The molecule has 0 unspecified atom stereocenters. The molecule has 3 rings (SSSR count). The van der Waals surface area contributed by atoms with E-state index in [4.69, 9.17) is 4.74 Å². The van der Waals surface area contributed by atoms with Gasteiger partial charge in [-0.05, 0) is 37.0 Å². The van der Waals surface area contributed by atoms with Gasteiger partial charge in [0.2, 0.25) is 0 Å². The Bertz CT molecular complexity index is 589. The molecule has 4 nitrogen and oxygen atoms in total. The molecule has 1 aromatic heterocycles. The first-order valence-electron chi connectivity index (χ1n) is 6.48. The second kappa shape index (κ2) is 4.88. The maximum Gasteiger partial charge on any atom is 0.309 e. The van der Waals surface area contributed by atoms with Crippen LogP contribution in [0.4, 0.5) is 0 Å². The third-order valence-corrected chi connectivity index (χ3v) is 3.69. The van der Waals surface area contributed by atoms with Crippen molar-refractivity contribution in [1.82, 2.24) is 9.78 Å². The van der Waals surface area contributed by atoms with Crippen LogP contribution in [-0.2, 0) is 22.4 Å². The number of aromatic nitrogens is 2. The largest absolute Gasteiger partial charge is 0.469 e. The van der Waals surface area contributed by atoms with Gasteiger partial charge in [-0.2, -0.15) is 5.10 Å². The molecule has 0 N–H and O–H groups in total. The van der Waals surface area contributed by atoms with E-state index in [9.17, 15) is 4.79 Å². The average Bonchev–Trinajstić information content (AvgIpc) is 2.90. The highest BCUT2D eigenvalue weighted by atomic mass is 16.5. The molecule has 0 radical (unpaired) electrons. The Kier molecular flexibility index (Phi) is 3.07. The summed E-state index contributed by atoms with van der Waals surface area (Å²) in [7, 11) is 1.45. The number of hydrogen-bond acceptors (Lipinski definition) is 3. The summed E-state index contributed by atoms with van der Waals surface area (Å²) in [5.74, 6) is -0.135. The summed E-state index contributed by atoms with van der Waals surface area (Å²) in [6, 6.07) is 10.1. The molecule has 0 amide bonds. The summed E-state index contributed by atoms with van der Waals surface area (Å²) in [5.41, 5.74) is 3.44. The van der Waals surface area contributed by atoms with Crippen LogP contribution in [0.5, 0.6) is 0 Å². The summed E-state index contributed by atoms with van der Waals surface area (Å²) in [6.45, 7) is 0. The standard InChI is InChI=1S/C15H16N2O2/c1-19-15(18)11-7-8-14-12(9-11)10-16-17(14)13-5-3-2-4-6-13/h2-6,10-11H,7-9H2,1H3/t11-/m1/s1. The molecule has 1 aliphatic carbocycles. The van der Waals surface area contributed by atoms with Crippen molar-refractivity contribution < 1.29 is 9.53 Å². The zero-order chi connectivity index (χ0) is 13.2. The van der Waals surface area contributed by atoms with Gasteiger partial charge in [-0.3, -0.25) is 4.79 Å². The zero-order valence-corrected chi connectivity index (χ0v) is 10.9. The van der Waals surface area contributed by atoms with Gasteiger partial charge in [-0.1, -0.05) is 18.2 Å². The molecule has 4 heteroatoms. The van der Waals surface area contributed by atoms with Gasteiger partial charge in [-0.15, -0.1) is 0 Å². The number of methoxy groups -OCH3 is 1. The molecule has 0 bridgehead atoms. The fourth-order valence-electron chi connectivity index (χ4n) is 2.68. The molecule has 1 atom stereocenters. The molecular weight excluding hydrogens is 240 g/mol. The van der Waals surface area contributed by atoms with Crippen LogP contribution < -0.4 is 0 Å². The van der Waals surface area contributed by atoms with Crippen molar-refractivity contribution in [1.29, 1.82) is 0 Å². The van der Waals surface area contributed by atoms with Crippen molar-refractivity contribution in [3.63, 3.8) is 0 Å². The van der Waals surface area contributed by atoms with Crippen LogP contribution >= 0.6 is 0 Å². The molecular formula is C15H16N2O2. The van der Waals surface area contributed by atoms with Gasteiger partial charge in [0.1, 0.15) is 0 Å². The van der Waals surface area contributed by atoms with Crippen molar-refractivity contribution in [3.8, 4) is 5.69 Å². The summed E-state index contributed by atoms with van der Waals surface area (Å²) in [4.78, 5) is 11.6. The van der Waals surface area contributed by atoms with E-state index in [1.165, 1.54) is 12.8 Å². The van der Waals surface area contributed by atoms with Crippen LogP contribution in [0.15, 0.2) is 36.5 Å². The highest BCUT2D eigenvalue weighted by Crippen LogP contribution is 2.27. The van der Waals surface area contributed by atoms with Crippen LogP contribution in [0.3, 0.4) is 0 Å². The number of para-hydroxylation sites is 1. The van der Waals surface area contributed by atoms with E-state index in [1.54, 1.807) is 0 Å². The highest BCUT2D eigenvalue weighted by Gasteiger charge is 2.28. The number of ether oxygens (including phenoxy) is 1. The lowest BCUT2D eigenvalue weighted by Gasteiger charge is -2.20. The Labute approximate surface area is 112 Å². The Hall–Kier alpha value is -2.10. The molecule has 2 aromatic rings. The lowest BCUT2D eigenvalue weighted by Crippen LogP contribution is -2.24. The van der Waals surface area contributed by atoms with Gasteiger partial charge in [0.15, 0.2) is 0 Å². The van der Waals surface area contributed by atoms with E-state index in [0.717, 1.165) is 30.5 Å². The van der Waals surface area contributed by atoms with Crippen LogP contribution in [0.25, 0.3) is 5.69 Å². The summed E-state index contributed by atoms with van der Waals surface area (Å²) in [6.07, 6.45) is 4.30. The maximum atomic E-state index is 11.6. The molecule has 1 heterocycles. The second-order valence-electron chi connectivity index (χ2n) is 4.83. The summed E-state index contributed by atoms with van der Waals surface area (Å²) < 4.78 is 6.81. The minimum Gasteiger partial charge on any atom is -0.469 e. The molecule has 0 spiro atoms. The molecule has 98 valence electrons. The quantitative estimate of drug-likeness (QED) is 0.773. The van der Waals surface area contributed by atoms with E-state index in [0.29, 0.717) is 0 Å². The van der Waals surface area contributed by atoms with E-state index in [1.807, 2.05) is 41.2 Å². The summed E-state index contributed by atoms with van der Waals surface area (Å²) >= 11 is 0. The number of carbonyl (C=O) groups is 1. The van der Waals surface area contributed by atoms with Gasteiger partial charge in [-0.25, -0.2) is 4.68 Å². The zero-order valence-electron chi connectivity index (χ0n) is 10.9. The monoisotopic (exact) mass is 256 g/mol. The average molecular weight is 256 g/mol. The maximum absolute atomic E-state index is 11.6. The third-order valence-electron chi connectivity index (χ3n) is 3.69. The minimum absolute atomic E-state index is 0.0223. The molecule has 0 fully saturated rings. The Balaban J connectivity index is 1.90. The fraction of sp³-hybridized carbons (Fsp3) is 0.333. The molecule has 0 saturated carbocycles. The van der Waals surface area contributed by atoms with Crippen LogP contribution in [-0.4, -0.2) is 22.9 Å². The first-order valence-corrected chi connectivity index (χ1v) is 6.48. The number of rotatable bonds is 2. The Morgan fingerprint density at radius 3 is 2.89 bits per heavy atom. The van der Waals surface area contributed by atoms with E-state index >= 15 is 0 Å². The van der Waals surface area contributed by atoms with Gasteiger partial charge in [0.25, 0.3) is 0 Å². The summed E-state index contributed by atoms with van der Waals surface area (Å²) in [5, 5.41) is 4.45. The second-order valence-corrected chi connectivity index (χ2v) is 4.83. The normalized spacial score (nSPS) is 17.8. The minimum atomic E-state index is -0.113. The lowest BCUT2D eigenvalue weighted by atomic mass is 9.88. The number of carbonyl (C=O) groups excluding carboxylic acids is 1. The van der Waals surface area contributed by atoms with Crippen LogP contribution in [0.1, 0.15) is 17.7 Å². The van der Waals surface area contributed by atoms with Gasteiger partial charge >= 0.3 is 5.97 Å². The molecule has 0 aliphatic heterocycles. The van der Waals surface area contributed by atoms with Gasteiger partial charge in [0.05, 0.1) is 24.9 Å². The number of hydrogen-bond donors (Lipinski definition) is 0. The van der Waals surface area contributed by atoms with Crippen molar-refractivity contribution in [2.24, 2.45) is 5.92 Å². The first kappa shape index (κ1) is 12.0. The Morgan fingerprint density at radius 2 is 2.16 bits per heavy atom. The SMILES string of the molecule is COC(=O)[C@@H]1CCc2c(cnn2-c2ccccc2)C1. The fourth-order valence-corrected chi connectivity index (χ4v) is 2.68. The lowest BCUT2D eigenvalue weighted by molar-refractivity contribution is -0.145. The number of nitrogens with zero attached hydrogens (tertiary/aromatic N) is 2. The predicted octanol–water partition coefficient (Wildman–Crippen LogP) is 2.15. The molecule has 1 aliphatic rings. The topological polar surface area (TPSA) is 44.1 Å². The molecule has 19 heavy (non-hydrogen) atoms. The van der Waals surface area contributed by atoms with E-state index in [2.05, 4.69) is 5.10 Å². The Morgan fingerprint density at radius 1 is 1.37 bits per heavy atom. The van der Waals surface area contributed by atoms with E-state index < -0.39 is 0 Å². The van der Waals surface area contributed by atoms with Crippen LogP contribution in [0.2, 0.25) is 0 Å². The first-order chi connectivity index (χ1) is 9.29. The molecule has 0 saturated heterocycles. The van der Waals surface area contributed by atoms with Gasteiger partial charge in [0, 0.05) is 5.69 Å². The van der Waals surface area contributed by atoms with Crippen molar-refractivity contribution in [3.05, 3.63) is 47.8 Å². The van der Waals surface area contributed by atoms with Gasteiger partial charge < -0.3 is 4.74 Å².